The molecule has 1 aromatic carbocycles. The Morgan fingerprint density at radius 3 is 2.71 bits per heavy atom. The minimum atomic E-state index is -0.399. The highest BCUT2D eigenvalue weighted by molar-refractivity contribution is 5.96. The molecule has 2 amide bonds. The highest BCUT2D eigenvalue weighted by Gasteiger charge is 2.26. The van der Waals surface area contributed by atoms with E-state index >= 15 is 0 Å². The molecule has 21 heavy (non-hydrogen) atoms. The van der Waals surface area contributed by atoms with Crippen molar-refractivity contribution in [3.05, 3.63) is 29.8 Å². The van der Waals surface area contributed by atoms with Gasteiger partial charge in [-0.25, -0.2) is 0 Å². The molecule has 2 rings (SSSR count). The molecule has 0 fully saturated rings. The second-order valence-corrected chi connectivity index (χ2v) is 5.79. The molecule has 5 heteroatoms. The number of para-hydroxylation sites is 1. The standard InChI is InChI=1S/C16H23N3O2/c1-10(2)17-15(20)11(3)18-14-9-8-12-6-4-5-7-13(12)19-16(14)21/h4-7,10-11,14,18H,8-9H2,1-3H3,(H,17,20)(H,19,21). The van der Waals surface area contributed by atoms with Gasteiger partial charge < -0.3 is 10.6 Å². The summed E-state index contributed by atoms with van der Waals surface area (Å²) in [6.45, 7) is 5.61. The first kappa shape index (κ1) is 15.5. The summed E-state index contributed by atoms with van der Waals surface area (Å²) < 4.78 is 0. The van der Waals surface area contributed by atoms with E-state index in [-0.39, 0.29) is 23.9 Å². The number of fused-ring (bicyclic) bond motifs is 1. The van der Waals surface area contributed by atoms with Crippen molar-refractivity contribution in [2.45, 2.75) is 51.7 Å². The van der Waals surface area contributed by atoms with Gasteiger partial charge in [0.25, 0.3) is 0 Å². The lowest BCUT2D eigenvalue weighted by atomic mass is 10.1. The molecule has 0 aliphatic carbocycles. The first-order valence-corrected chi connectivity index (χ1v) is 7.42. The Morgan fingerprint density at radius 2 is 2.00 bits per heavy atom. The summed E-state index contributed by atoms with van der Waals surface area (Å²) in [5.41, 5.74) is 2.00. The van der Waals surface area contributed by atoms with Gasteiger partial charge in [-0.1, -0.05) is 18.2 Å². The topological polar surface area (TPSA) is 70.2 Å². The summed E-state index contributed by atoms with van der Waals surface area (Å²) >= 11 is 0. The maximum Gasteiger partial charge on any atom is 0.241 e. The zero-order chi connectivity index (χ0) is 15.4. The SMILES string of the molecule is CC(C)NC(=O)C(C)NC1CCc2ccccc2NC1=O. The van der Waals surface area contributed by atoms with Crippen LogP contribution in [0.3, 0.4) is 0 Å². The summed E-state index contributed by atoms with van der Waals surface area (Å²) in [4.78, 5) is 24.2. The van der Waals surface area contributed by atoms with E-state index in [1.165, 1.54) is 0 Å². The minimum absolute atomic E-state index is 0.0795. The molecule has 0 radical (unpaired) electrons. The molecule has 5 nitrogen and oxygen atoms in total. The number of hydrogen-bond acceptors (Lipinski definition) is 3. The van der Waals surface area contributed by atoms with Gasteiger partial charge in [-0.3, -0.25) is 14.9 Å². The van der Waals surface area contributed by atoms with Gasteiger partial charge in [0.15, 0.2) is 0 Å². The van der Waals surface area contributed by atoms with E-state index in [4.69, 9.17) is 0 Å². The third-order valence-electron chi connectivity index (χ3n) is 3.57. The molecule has 2 atom stereocenters. The molecule has 0 saturated heterocycles. The van der Waals surface area contributed by atoms with Crippen LogP contribution in [0.4, 0.5) is 5.69 Å². The van der Waals surface area contributed by atoms with Crippen molar-refractivity contribution in [3.8, 4) is 0 Å². The maximum atomic E-state index is 12.3. The molecule has 0 bridgehead atoms. The molecule has 0 aromatic heterocycles. The number of amides is 2. The molecule has 0 spiro atoms. The Balaban J connectivity index is 1.99. The Kier molecular flexibility index (Phi) is 4.96. The summed E-state index contributed by atoms with van der Waals surface area (Å²) in [5.74, 6) is -0.163. The van der Waals surface area contributed by atoms with E-state index in [0.717, 1.165) is 17.7 Å². The summed E-state index contributed by atoms with van der Waals surface area (Å²) in [6.07, 6.45) is 1.49. The first-order valence-electron chi connectivity index (χ1n) is 7.42. The van der Waals surface area contributed by atoms with Crippen LogP contribution in [0.2, 0.25) is 0 Å². The lowest BCUT2D eigenvalue weighted by molar-refractivity contribution is -0.124. The van der Waals surface area contributed by atoms with E-state index in [1.54, 1.807) is 6.92 Å². The van der Waals surface area contributed by atoms with Crippen LogP contribution in [-0.2, 0) is 16.0 Å². The Bertz CT molecular complexity index is 528. The van der Waals surface area contributed by atoms with Gasteiger partial charge in [0.2, 0.25) is 11.8 Å². The summed E-state index contributed by atoms with van der Waals surface area (Å²) in [6, 6.07) is 7.14. The van der Waals surface area contributed by atoms with Gasteiger partial charge in [-0.05, 0) is 45.2 Å². The van der Waals surface area contributed by atoms with Gasteiger partial charge >= 0.3 is 0 Å². The zero-order valence-electron chi connectivity index (χ0n) is 12.8. The Hall–Kier alpha value is -1.88. The predicted octanol–water partition coefficient (Wildman–Crippen LogP) is 1.44. The fraction of sp³-hybridized carbons (Fsp3) is 0.500. The van der Waals surface area contributed by atoms with Crippen LogP contribution in [0.1, 0.15) is 32.8 Å². The normalized spacial score (nSPS) is 19.4. The van der Waals surface area contributed by atoms with Gasteiger partial charge in [-0.2, -0.15) is 0 Å². The average Bonchev–Trinajstić information content (AvgIpc) is 2.58. The largest absolute Gasteiger partial charge is 0.353 e. The van der Waals surface area contributed by atoms with E-state index in [0.29, 0.717) is 6.42 Å². The van der Waals surface area contributed by atoms with Crippen LogP contribution in [0.5, 0.6) is 0 Å². The molecule has 1 heterocycles. The quantitative estimate of drug-likeness (QED) is 0.785. The highest BCUT2D eigenvalue weighted by Crippen LogP contribution is 2.21. The monoisotopic (exact) mass is 289 g/mol. The minimum Gasteiger partial charge on any atom is -0.353 e. The first-order chi connectivity index (χ1) is 9.97. The average molecular weight is 289 g/mol. The zero-order valence-corrected chi connectivity index (χ0v) is 12.8. The lowest BCUT2D eigenvalue weighted by Gasteiger charge is -2.21. The van der Waals surface area contributed by atoms with Crippen molar-refractivity contribution in [1.29, 1.82) is 0 Å². The van der Waals surface area contributed by atoms with Crippen molar-refractivity contribution >= 4 is 17.5 Å². The summed E-state index contributed by atoms with van der Waals surface area (Å²) in [5, 5.41) is 8.90. The van der Waals surface area contributed by atoms with Crippen LogP contribution in [0.25, 0.3) is 0 Å². The summed E-state index contributed by atoms with van der Waals surface area (Å²) in [7, 11) is 0. The third kappa shape index (κ3) is 4.04. The number of carbonyl (C=O) groups excluding carboxylic acids is 2. The smallest absolute Gasteiger partial charge is 0.241 e. The fourth-order valence-electron chi connectivity index (χ4n) is 2.46. The van der Waals surface area contributed by atoms with Crippen LogP contribution >= 0.6 is 0 Å². The number of carbonyl (C=O) groups is 2. The number of hydrogen-bond donors (Lipinski definition) is 3. The lowest BCUT2D eigenvalue weighted by Crippen LogP contribution is -2.51. The number of nitrogens with one attached hydrogen (secondary N) is 3. The Morgan fingerprint density at radius 1 is 1.29 bits per heavy atom. The van der Waals surface area contributed by atoms with Crippen molar-refractivity contribution < 1.29 is 9.59 Å². The molecule has 1 aliphatic heterocycles. The van der Waals surface area contributed by atoms with Crippen molar-refractivity contribution in [1.82, 2.24) is 10.6 Å². The van der Waals surface area contributed by atoms with Crippen LogP contribution in [-0.4, -0.2) is 29.9 Å². The number of rotatable bonds is 4. The second-order valence-electron chi connectivity index (χ2n) is 5.79. The van der Waals surface area contributed by atoms with Crippen molar-refractivity contribution in [2.75, 3.05) is 5.32 Å². The van der Waals surface area contributed by atoms with E-state index in [2.05, 4.69) is 16.0 Å². The number of anilines is 1. The van der Waals surface area contributed by atoms with Crippen molar-refractivity contribution in [3.63, 3.8) is 0 Å². The number of benzene rings is 1. The fourth-order valence-corrected chi connectivity index (χ4v) is 2.46. The van der Waals surface area contributed by atoms with Gasteiger partial charge in [-0.15, -0.1) is 0 Å². The van der Waals surface area contributed by atoms with Crippen LogP contribution in [0, 0.1) is 0 Å². The third-order valence-corrected chi connectivity index (χ3v) is 3.57. The molecule has 1 aliphatic rings. The van der Waals surface area contributed by atoms with E-state index < -0.39 is 6.04 Å². The van der Waals surface area contributed by atoms with Crippen LogP contribution in [0.15, 0.2) is 24.3 Å². The number of aryl methyl sites for hydroxylation is 1. The van der Waals surface area contributed by atoms with Gasteiger partial charge in [0, 0.05) is 11.7 Å². The predicted molar refractivity (Wildman–Crippen MR) is 83.1 cm³/mol. The molecule has 0 saturated carbocycles. The van der Waals surface area contributed by atoms with Gasteiger partial charge in [0.05, 0.1) is 12.1 Å². The molecular weight excluding hydrogens is 266 g/mol. The molecule has 3 N–H and O–H groups in total. The molecule has 1 aromatic rings. The molecule has 114 valence electrons. The van der Waals surface area contributed by atoms with Crippen molar-refractivity contribution in [2.24, 2.45) is 0 Å². The molecule has 2 unspecified atom stereocenters. The van der Waals surface area contributed by atoms with Crippen LogP contribution < -0.4 is 16.0 Å². The van der Waals surface area contributed by atoms with Gasteiger partial charge in [0.1, 0.15) is 0 Å². The highest BCUT2D eigenvalue weighted by atomic mass is 16.2. The maximum absolute atomic E-state index is 12.3. The molecular formula is C16H23N3O2. The second kappa shape index (κ2) is 6.72. The van der Waals surface area contributed by atoms with E-state index in [1.807, 2.05) is 38.1 Å². The Labute approximate surface area is 125 Å². The van der Waals surface area contributed by atoms with E-state index in [9.17, 15) is 9.59 Å².